The molecule has 0 unspecified atom stereocenters. The second-order valence-corrected chi connectivity index (χ2v) is 9.43. The predicted octanol–water partition coefficient (Wildman–Crippen LogP) is 6.15. The molecule has 1 amide bonds. The first-order valence-electron chi connectivity index (χ1n) is 12.1. The van der Waals surface area contributed by atoms with Crippen LogP contribution in [0.2, 0.25) is 0 Å². The number of hydrogen-bond acceptors (Lipinski definition) is 8. The summed E-state index contributed by atoms with van der Waals surface area (Å²) in [6.45, 7) is 1.38. The van der Waals surface area contributed by atoms with Crippen molar-refractivity contribution < 1.29 is 23.8 Å². The molecule has 3 aromatic carbocycles. The van der Waals surface area contributed by atoms with Crippen LogP contribution in [-0.4, -0.2) is 42.7 Å². The lowest BCUT2D eigenvalue weighted by Crippen LogP contribution is -2.21. The smallest absolute Gasteiger partial charge is 0.339 e. The molecular weight excluding hydrogens is 514 g/mol. The third-order valence-corrected chi connectivity index (χ3v) is 6.91. The summed E-state index contributed by atoms with van der Waals surface area (Å²) in [6, 6.07) is 22.5. The summed E-state index contributed by atoms with van der Waals surface area (Å²) in [4.78, 5) is 35.2. The number of hydrogen-bond donors (Lipinski definition) is 1. The Morgan fingerprint density at radius 1 is 0.872 bits per heavy atom. The van der Waals surface area contributed by atoms with Crippen LogP contribution in [0.15, 0.2) is 78.2 Å². The van der Waals surface area contributed by atoms with E-state index in [0.29, 0.717) is 50.0 Å². The van der Waals surface area contributed by atoms with Crippen molar-refractivity contribution in [3.8, 4) is 34.0 Å². The van der Waals surface area contributed by atoms with Gasteiger partial charge in [0.05, 0.1) is 36.7 Å². The molecule has 0 saturated carbocycles. The maximum atomic E-state index is 13.3. The molecule has 0 radical (unpaired) electrons. The number of fused-ring (bicyclic) bond motifs is 1. The SMILES string of the molecule is COc1ccc(-c2csc(NC(=O)COC(=O)c3c(C)c(-c4ccccc4)nc4ccccc34)n2)cc1OC. The molecule has 196 valence electrons. The minimum Gasteiger partial charge on any atom is -0.493 e. The molecule has 5 rings (SSSR count). The van der Waals surface area contributed by atoms with Crippen LogP contribution in [-0.2, 0) is 9.53 Å². The van der Waals surface area contributed by atoms with Crippen molar-refractivity contribution in [1.29, 1.82) is 0 Å². The van der Waals surface area contributed by atoms with Crippen molar-refractivity contribution in [1.82, 2.24) is 9.97 Å². The van der Waals surface area contributed by atoms with E-state index in [1.54, 1.807) is 20.3 Å². The number of amides is 1. The Balaban J connectivity index is 1.31. The fraction of sp³-hybridized carbons (Fsp3) is 0.133. The molecule has 39 heavy (non-hydrogen) atoms. The van der Waals surface area contributed by atoms with Crippen LogP contribution in [0.1, 0.15) is 15.9 Å². The van der Waals surface area contributed by atoms with Gasteiger partial charge in [0.1, 0.15) is 0 Å². The van der Waals surface area contributed by atoms with Gasteiger partial charge >= 0.3 is 5.97 Å². The number of ether oxygens (including phenoxy) is 3. The van der Waals surface area contributed by atoms with Crippen LogP contribution in [0.25, 0.3) is 33.4 Å². The maximum Gasteiger partial charge on any atom is 0.339 e. The van der Waals surface area contributed by atoms with Crippen molar-refractivity contribution in [2.24, 2.45) is 0 Å². The Hall–Kier alpha value is -4.76. The normalized spacial score (nSPS) is 10.7. The van der Waals surface area contributed by atoms with Crippen molar-refractivity contribution in [3.05, 3.63) is 89.3 Å². The summed E-state index contributed by atoms with van der Waals surface area (Å²) >= 11 is 1.27. The molecule has 0 aliphatic heterocycles. The number of para-hydroxylation sites is 1. The molecule has 2 aromatic heterocycles. The molecule has 0 aliphatic carbocycles. The van der Waals surface area contributed by atoms with E-state index in [9.17, 15) is 9.59 Å². The predicted molar refractivity (Wildman–Crippen MR) is 151 cm³/mol. The van der Waals surface area contributed by atoms with Gasteiger partial charge in [-0.1, -0.05) is 48.5 Å². The van der Waals surface area contributed by atoms with Crippen molar-refractivity contribution >= 4 is 39.2 Å². The zero-order valence-corrected chi connectivity index (χ0v) is 22.4. The van der Waals surface area contributed by atoms with Gasteiger partial charge in [0.25, 0.3) is 5.91 Å². The highest BCUT2D eigenvalue weighted by atomic mass is 32.1. The summed E-state index contributed by atoms with van der Waals surface area (Å²) in [5, 5.41) is 5.57. The molecule has 2 heterocycles. The van der Waals surface area contributed by atoms with Crippen LogP contribution in [0.5, 0.6) is 11.5 Å². The Bertz CT molecular complexity index is 1670. The minimum atomic E-state index is -0.594. The van der Waals surface area contributed by atoms with Gasteiger partial charge in [0, 0.05) is 21.9 Å². The molecule has 0 spiro atoms. The lowest BCUT2D eigenvalue weighted by atomic mass is 9.98. The highest BCUT2D eigenvalue weighted by Gasteiger charge is 2.21. The van der Waals surface area contributed by atoms with Crippen LogP contribution in [0.4, 0.5) is 5.13 Å². The molecule has 0 aliphatic rings. The third-order valence-electron chi connectivity index (χ3n) is 6.15. The maximum absolute atomic E-state index is 13.3. The highest BCUT2D eigenvalue weighted by Crippen LogP contribution is 2.34. The van der Waals surface area contributed by atoms with Crippen molar-refractivity contribution in [2.75, 3.05) is 26.1 Å². The standard InChI is InChI=1S/C30H25N3O5S/c1-18-27(21-11-7-8-12-22(21)31-28(18)19-9-5-4-6-10-19)29(35)38-16-26(34)33-30-32-23(17-39-30)20-13-14-24(36-2)25(15-20)37-3/h4-15,17H,16H2,1-3H3,(H,32,33,34). The molecular formula is C30H25N3O5S. The molecule has 1 N–H and O–H groups in total. The number of nitrogens with one attached hydrogen (secondary N) is 1. The zero-order chi connectivity index (χ0) is 27.4. The van der Waals surface area contributed by atoms with Gasteiger partial charge in [-0.2, -0.15) is 0 Å². The largest absolute Gasteiger partial charge is 0.493 e. The first-order valence-corrected chi connectivity index (χ1v) is 13.0. The van der Waals surface area contributed by atoms with E-state index in [1.807, 2.05) is 79.0 Å². The number of carbonyl (C=O) groups is 2. The molecule has 0 fully saturated rings. The molecule has 0 saturated heterocycles. The van der Waals surface area contributed by atoms with Gasteiger partial charge in [-0.3, -0.25) is 10.1 Å². The first kappa shape index (κ1) is 25.9. The molecule has 8 nitrogen and oxygen atoms in total. The summed E-state index contributed by atoms with van der Waals surface area (Å²) in [6.07, 6.45) is 0. The number of rotatable bonds is 8. The van der Waals surface area contributed by atoms with Gasteiger partial charge in [-0.25, -0.2) is 14.8 Å². The van der Waals surface area contributed by atoms with E-state index in [0.717, 1.165) is 11.1 Å². The minimum absolute atomic E-state index is 0.386. The van der Waals surface area contributed by atoms with Gasteiger partial charge in [-0.05, 0) is 36.8 Å². The number of anilines is 1. The van der Waals surface area contributed by atoms with Crippen molar-refractivity contribution in [3.63, 3.8) is 0 Å². The second-order valence-electron chi connectivity index (χ2n) is 8.58. The van der Waals surface area contributed by atoms with Gasteiger partial charge in [0.15, 0.2) is 23.2 Å². The lowest BCUT2D eigenvalue weighted by molar-refractivity contribution is -0.119. The number of carbonyl (C=O) groups excluding carboxylic acids is 2. The number of esters is 1. The zero-order valence-electron chi connectivity index (χ0n) is 21.6. The number of pyridine rings is 1. The van der Waals surface area contributed by atoms with Crippen molar-refractivity contribution in [2.45, 2.75) is 6.92 Å². The van der Waals surface area contributed by atoms with Crippen LogP contribution < -0.4 is 14.8 Å². The quantitative estimate of drug-likeness (QED) is 0.236. The third kappa shape index (κ3) is 5.44. The fourth-order valence-electron chi connectivity index (χ4n) is 4.27. The van der Waals surface area contributed by atoms with Crippen LogP contribution in [0, 0.1) is 6.92 Å². The fourth-order valence-corrected chi connectivity index (χ4v) is 5.00. The average molecular weight is 540 g/mol. The Labute approximate surface area is 229 Å². The Kier molecular flexibility index (Phi) is 7.51. The average Bonchev–Trinajstić information content (AvgIpc) is 3.44. The second kappa shape index (κ2) is 11.3. The number of benzene rings is 3. The van der Waals surface area contributed by atoms with E-state index in [2.05, 4.69) is 10.3 Å². The topological polar surface area (TPSA) is 99.6 Å². The summed E-state index contributed by atoms with van der Waals surface area (Å²) < 4.78 is 16.1. The molecule has 9 heteroatoms. The highest BCUT2D eigenvalue weighted by molar-refractivity contribution is 7.14. The van der Waals surface area contributed by atoms with E-state index >= 15 is 0 Å². The van der Waals surface area contributed by atoms with Gasteiger partial charge < -0.3 is 14.2 Å². The number of thiazole rings is 1. The lowest BCUT2D eigenvalue weighted by Gasteiger charge is -2.14. The number of nitrogens with zero attached hydrogens (tertiary/aromatic N) is 2. The van der Waals surface area contributed by atoms with E-state index in [4.69, 9.17) is 19.2 Å². The summed E-state index contributed by atoms with van der Waals surface area (Å²) in [7, 11) is 3.13. The van der Waals surface area contributed by atoms with Crippen LogP contribution >= 0.6 is 11.3 Å². The van der Waals surface area contributed by atoms with Crippen LogP contribution in [0.3, 0.4) is 0 Å². The van der Waals surface area contributed by atoms with E-state index in [1.165, 1.54) is 11.3 Å². The number of methoxy groups -OCH3 is 2. The monoisotopic (exact) mass is 539 g/mol. The Morgan fingerprint density at radius 3 is 2.38 bits per heavy atom. The number of aromatic nitrogens is 2. The van der Waals surface area contributed by atoms with E-state index < -0.39 is 18.5 Å². The summed E-state index contributed by atoms with van der Waals surface area (Å²) in [5.74, 6) is 0.106. The summed E-state index contributed by atoms with van der Waals surface area (Å²) in [5.41, 5.74) is 4.80. The van der Waals surface area contributed by atoms with Gasteiger partial charge in [-0.15, -0.1) is 11.3 Å². The Morgan fingerprint density at radius 2 is 1.62 bits per heavy atom. The molecule has 0 atom stereocenters. The first-order chi connectivity index (χ1) is 19.0. The van der Waals surface area contributed by atoms with Gasteiger partial charge in [0.2, 0.25) is 0 Å². The molecule has 5 aromatic rings. The van der Waals surface area contributed by atoms with E-state index in [-0.39, 0.29) is 0 Å². The molecule has 0 bridgehead atoms.